The summed E-state index contributed by atoms with van der Waals surface area (Å²) in [7, 11) is 0. The van der Waals surface area contributed by atoms with E-state index in [1.807, 2.05) is 31.2 Å². The molecular formula is C22H29N5O4. The third kappa shape index (κ3) is 4.46. The Morgan fingerprint density at radius 2 is 1.84 bits per heavy atom. The molecule has 0 saturated carbocycles. The molecule has 0 radical (unpaired) electrons. The highest BCUT2D eigenvalue weighted by Crippen LogP contribution is 2.18. The van der Waals surface area contributed by atoms with Crippen LogP contribution >= 0.6 is 0 Å². The number of anilines is 1. The molecule has 2 heterocycles. The number of piperidine rings is 1. The smallest absolute Gasteiger partial charge is 0.332 e. The lowest BCUT2D eigenvalue weighted by Gasteiger charge is -2.33. The van der Waals surface area contributed by atoms with E-state index in [0.29, 0.717) is 13.0 Å². The number of aryl methyl sites for hydroxylation is 1. The fourth-order valence-electron chi connectivity index (χ4n) is 4.13. The lowest BCUT2D eigenvalue weighted by Crippen LogP contribution is -2.51. The predicted molar refractivity (Wildman–Crippen MR) is 118 cm³/mol. The number of Topliss-reactive ketones (excluding diaryl/α,β-unsaturated/α-hetero) is 1. The zero-order valence-electron chi connectivity index (χ0n) is 18.0. The van der Waals surface area contributed by atoms with Crippen LogP contribution in [0, 0.1) is 6.92 Å². The maximum Gasteiger partial charge on any atom is 0.332 e. The molecule has 4 N–H and O–H groups in total. The van der Waals surface area contributed by atoms with E-state index in [9.17, 15) is 19.2 Å². The Morgan fingerprint density at radius 1 is 1.13 bits per heavy atom. The minimum atomic E-state index is -0.705. The van der Waals surface area contributed by atoms with E-state index in [1.165, 1.54) is 4.57 Å². The van der Waals surface area contributed by atoms with Crippen molar-refractivity contribution in [1.29, 1.82) is 0 Å². The first-order chi connectivity index (χ1) is 14.8. The Bertz CT molecular complexity index is 1120. The highest BCUT2D eigenvalue weighted by molar-refractivity contribution is 6.01. The second-order valence-electron chi connectivity index (χ2n) is 7.91. The molecule has 31 heavy (non-hydrogen) atoms. The van der Waals surface area contributed by atoms with Crippen molar-refractivity contribution in [2.75, 3.05) is 18.8 Å². The average Bonchev–Trinajstić information content (AvgIpc) is 2.73. The standard InChI is InChI=1S/C22H29N5O4/c1-3-26-21(30)18(17(28)13-25-11-7-6-10-16(25)20(24)29)19(23)27(22(26)31)12-15-9-5-4-8-14(15)2/h4-5,8-9,16H,3,6-7,10-13,23H2,1-2H3,(H2,24,29). The number of hydrogen-bond donors (Lipinski definition) is 2. The number of benzene rings is 1. The summed E-state index contributed by atoms with van der Waals surface area (Å²) < 4.78 is 2.28. The molecule has 1 atom stereocenters. The molecule has 1 unspecified atom stereocenters. The van der Waals surface area contributed by atoms with Gasteiger partial charge in [0.25, 0.3) is 5.56 Å². The van der Waals surface area contributed by atoms with Crippen LogP contribution in [0.2, 0.25) is 0 Å². The molecule has 1 fully saturated rings. The number of primary amides is 1. The van der Waals surface area contributed by atoms with Gasteiger partial charge in [0.05, 0.1) is 19.1 Å². The molecule has 1 aliphatic heterocycles. The predicted octanol–water partition coefficient (Wildman–Crippen LogP) is 0.491. The highest BCUT2D eigenvalue weighted by Gasteiger charge is 2.31. The van der Waals surface area contributed by atoms with Gasteiger partial charge in [-0.3, -0.25) is 28.4 Å². The van der Waals surface area contributed by atoms with Gasteiger partial charge >= 0.3 is 5.69 Å². The Morgan fingerprint density at radius 3 is 2.48 bits per heavy atom. The van der Waals surface area contributed by atoms with E-state index in [4.69, 9.17) is 11.5 Å². The van der Waals surface area contributed by atoms with Crippen LogP contribution in [0.1, 0.15) is 47.7 Å². The van der Waals surface area contributed by atoms with E-state index in [2.05, 4.69) is 0 Å². The summed E-state index contributed by atoms with van der Waals surface area (Å²) in [6.07, 6.45) is 2.26. The first-order valence-electron chi connectivity index (χ1n) is 10.5. The lowest BCUT2D eigenvalue weighted by atomic mass is 10.0. The van der Waals surface area contributed by atoms with Crippen molar-refractivity contribution in [3.63, 3.8) is 0 Å². The van der Waals surface area contributed by atoms with Crippen LogP contribution in [0.3, 0.4) is 0 Å². The molecule has 1 aliphatic rings. The molecule has 2 aromatic rings. The number of carbonyl (C=O) groups excluding carboxylic acids is 2. The van der Waals surface area contributed by atoms with Crippen LogP contribution in [0.4, 0.5) is 5.82 Å². The summed E-state index contributed by atoms with van der Waals surface area (Å²) in [4.78, 5) is 52.5. The third-order valence-electron chi connectivity index (χ3n) is 5.94. The van der Waals surface area contributed by atoms with Crippen LogP contribution in [0.25, 0.3) is 0 Å². The van der Waals surface area contributed by atoms with E-state index in [1.54, 1.807) is 11.8 Å². The first-order valence-corrected chi connectivity index (χ1v) is 10.5. The summed E-state index contributed by atoms with van der Waals surface area (Å²) in [6, 6.07) is 6.98. The summed E-state index contributed by atoms with van der Waals surface area (Å²) in [5, 5.41) is 0. The van der Waals surface area contributed by atoms with Crippen LogP contribution in [-0.2, 0) is 17.9 Å². The first kappa shape index (κ1) is 22.5. The van der Waals surface area contributed by atoms with Crippen molar-refractivity contribution in [1.82, 2.24) is 14.0 Å². The molecule has 1 aromatic heterocycles. The van der Waals surface area contributed by atoms with Gasteiger partial charge in [0.15, 0.2) is 5.78 Å². The topological polar surface area (TPSA) is 133 Å². The molecule has 0 spiro atoms. The van der Waals surface area contributed by atoms with Gasteiger partial charge in [0.2, 0.25) is 5.91 Å². The number of nitrogen functional groups attached to an aromatic ring is 1. The largest absolute Gasteiger partial charge is 0.384 e. The minimum absolute atomic E-state index is 0.111. The maximum atomic E-state index is 13.2. The average molecular weight is 428 g/mol. The van der Waals surface area contributed by atoms with Gasteiger partial charge in [0.1, 0.15) is 11.4 Å². The Kier molecular flexibility index (Phi) is 6.74. The molecular weight excluding hydrogens is 398 g/mol. The quantitative estimate of drug-likeness (QED) is 0.618. The number of ketones is 1. The Balaban J connectivity index is 2.04. The molecule has 0 aliphatic carbocycles. The number of amides is 1. The zero-order chi connectivity index (χ0) is 22.7. The molecule has 0 bridgehead atoms. The number of rotatable bonds is 7. The van der Waals surface area contributed by atoms with Gasteiger partial charge in [-0.25, -0.2) is 4.79 Å². The molecule has 1 amide bonds. The molecule has 3 rings (SSSR count). The lowest BCUT2D eigenvalue weighted by molar-refractivity contribution is -0.124. The second kappa shape index (κ2) is 9.30. The van der Waals surface area contributed by atoms with Gasteiger partial charge in [-0.2, -0.15) is 0 Å². The van der Waals surface area contributed by atoms with Gasteiger partial charge in [0, 0.05) is 6.54 Å². The van der Waals surface area contributed by atoms with Gasteiger partial charge in [-0.1, -0.05) is 30.7 Å². The van der Waals surface area contributed by atoms with Crippen LogP contribution in [0.5, 0.6) is 0 Å². The van der Waals surface area contributed by atoms with Crippen molar-refractivity contribution >= 4 is 17.5 Å². The molecule has 9 nitrogen and oxygen atoms in total. The van der Waals surface area contributed by atoms with Crippen LogP contribution in [-0.4, -0.2) is 44.9 Å². The van der Waals surface area contributed by atoms with E-state index >= 15 is 0 Å². The molecule has 166 valence electrons. The number of carbonyl (C=O) groups is 2. The number of likely N-dealkylation sites (tertiary alicyclic amines) is 1. The van der Waals surface area contributed by atoms with Crippen molar-refractivity contribution in [3.05, 3.63) is 61.8 Å². The molecule has 9 heteroatoms. The summed E-state index contributed by atoms with van der Waals surface area (Å²) in [6.45, 7) is 4.21. The van der Waals surface area contributed by atoms with Crippen LogP contribution < -0.4 is 22.7 Å². The Hall–Kier alpha value is -3.20. The minimum Gasteiger partial charge on any atom is -0.384 e. The summed E-state index contributed by atoms with van der Waals surface area (Å²) in [5.41, 5.74) is 12.1. The molecule has 1 aromatic carbocycles. The van der Waals surface area contributed by atoms with E-state index < -0.39 is 29.0 Å². The number of nitrogens with zero attached hydrogens (tertiary/aromatic N) is 3. The number of nitrogens with two attached hydrogens (primary N) is 2. The van der Waals surface area contributed by atoms with E-state index in [0.717, 1.165) is 28.5 Å². The van der Waals surface area contributed by atoms with Crippen molar-refractivity contribution in [3.8, 4) is 0 Å². The second-order valence-corrected chi connectivity index (χ2v) is 7.91. The maximum absolute atomic E-state index is 13.2. The summed E-state index contributed by atoms with van der Waals surface area (Å²) >= 11 is 0. The summed E-state index contributed by atoms with van der Waals surface area (Å²) in [5.74, 6) is -1.16. The number of hydrogen-bond acceptors (Lipinski definition) is 6. The zero-order valence-corrected chi connectivity index (χ0v) is 18.0. The van der Waals surface area contributed by atoms with Gasteiger partial charge < -0.3 is 11.5 Å². The number of aromatic nitrogens is 2. The normalized spacial score (nSPS) is 16.9. The highest BCUT2D eigenvalue weighted by atomic mass is 16.2. The van der Waals surface area contributed by atoms with Crippen molar-refractivity contribution < 1.29 is 9.59 Å². The van der Waals surface area contributed by atoms with E-state index in [-0.39, 0.29) is 31.0 Å². The fraction of sp³-hybridized carbons (Fsp3) is 0.455. The monoisotopic (exact) mass is 427 g/mol. The Labute approximate surface area is 180 Å². The fourth-order valence-corrected chi connectivity index (χ4v) is 4.13. The third-order valence-corrected chi connectivity index (χ3v) is 5.94. The SMILES string of the molecule is CCn1c(=O)c(C(=O)CN2CCCCC2C(N)=O)c(N)n(Cc2ccccc2C)c1=O. The molecule has 1 saturated heterocycles. The van der Waals surface area contributed by atoms with Gasteiger partial charge in [-0.15, -0.1) is 0 Å². The van der Waals surface area contributed by atoms with Crippen molar-refractivity contribution in [2.45, 2.75) is 52.2 Å². The van der Waals surface area contributed by atoms with Crippen LogP contribution in [0.15, 0.2) is 33.9 Å². The van der Waals surface area contributed by atoms with Gasteiger partial charge in [-0.05, 0) is 44.4 Å². The van der Waals surface area contributed by atoms with Crippen molar-refractivity contribution in [2.24, 2.45) is 5.73 Å².